The second kappa shape index (κ2) is 8.46. The summed E-state index contributed by atoms with van der Waals surface area (Å²) >= 11 is 5.95. The Bertz CT molecular complexity index is 1010. The molecular weight excluding hydrogens is 368 g/mol. The number of pyridine rings is 1. The standard InChI is InChI=1S/C19H17ClN4O3/c1-27-17-4-2-14(20)12-15(17)19(26)22-10-11-24-18(25)5-3-16(23-24)13-6-8-21-9-7-13/h2-9,12H,10-11H2,1H3,(H,22,26). The van der Waals surface area contributed by atoms with E-state index in [4.69, 9.17) is 16.3 Å². The number of carbonyl (C=O) groups excluding carboxylic acids is 1. The molecule has 0 bridgehead atoms. The van der Waals surface area contributed by atoms with Crippen LogP contribution in [0.1, 0.15) is 10.4 Å². The number of methoxy groups -OCH3 is 1. The molecule has 27 heavy (non-hydrogen) atoms. The third kappa shape index (κ3) is 4.51. The van der Waals surface area contributed by atoms with E-state index in [1.54, 1.807) is 30.6 Å². The number of halogens is 1. The predicted octanol–water partition coefficient (Wildman–Crippen LogP) is 2.40. The van der Waals surface area contributed by atoms with E-state index in [0.29, 0.717) is 22.0 Å². The van der Waals surface area contributed by atoms with Crippen LogP contribution in [0.2, 0.25) is 5.02 Å². The minimum Gasteiger partial charge on any atom is -0.496 e. The maximum Gasteiger partial charge on any atom is 0.266 e. The van der Waals surface area contributed by atoms with Crippen molar-refractivity contribution in [3.63, 3.8) is 0 Å². The number of hydrogen-bond acceptors (Lipinski definition) is 5. The molecule has 0 aliphatic rings. The minimum absolute atomic E-state index is 0.223. The van der Waals surface area contributed by atoms with Crippen molar-refractivity contribution in [1.82, 2.24) is 20.1 Å². The van der Waals surface area contributed by atoms with Gasteiger partial charge >= 0.3 is 0 Å². The first-order chi connectivity index (χ1) is 13.1. The molecule has 2 heterocycles. The van der Waals surface area contributed by atoms with Gasteiger partial charge in [0.05, 0.1) is 24.9 Å². The highest BCUT2D eigenvalue weighted by Crippen LogP contribution is 2.22. The molecule has 138 valence electrons. The molecule has 8 heteroatoms. The van der Waals surface area contributed by atoms with Crippen molar-refractivity contribution in [3.8, 4) is 17.0 Å². The topological polar surface area (TPSA) is 86.1 Å². The Balaban J connectivity index is 1.70. The summed E-state index contributed by atoms with van der Waals surface area (Å²) in [4.78, 5) is 28.4. The number of hydrogen-bond donors (Lipinski definition) is 1. The Kier molecular flexibility index (Phi) is 5.83. The van der Waals surface area contributed by atoms with Crippen molar-refractivity contribution in [3.05, 3.63) is 75.8 Å². The number of benzene rings is 1. The van der Waals surface area contributed by atoms with Gasteiger partial charge in [-0.2, -0.15) is 5.10 Å². The number of carbonyl (C=O) groups is 1. The van der Waals surface area contributed by atoms with Crippen LogP contribution in [-0.2, 0) is 6.54 Å². The highest BCUT2D eigenvalue weighted by Gasteiger charge is 2.12. The normalized spacial score (nSPS) is 10.4. The Hall–Kier alpha value is -3.19. The lowest BCUT2D eigenvalue weighted by Gasteiger charge is -2.11. The maximum atomic E-state index is 12.4. The van der Waals surface area contributed by atoms with Gasteiger partial charge in [0.1, 0.15) is 5.75 Å². The highest BCUT2D eigenvalue weighted by atomic mass is 35.5. The molecule has 0 aliphatic carbocycles. The second-order valence-electron chi connectivity index (χ2n) is 5.62. The fourth-order valence-corrected chi connectivity index (χ4v) is 2.69. The first-order valence-corrected chi connectivity index (χ1v) is 8.56. The number of aromatic nitrogens is 3. The Morgan fingerprint density at radius 1 is 1.19 bits per heavy atom. The van der Waals surface area contributed by atoms with E-state index in [0.717, 1.165) is 5.56 Å². The van der Waals surface area contributed by atoms with Crippen molar-refractivity contribution >= 4 is 17.5 Å². The molecule has 3 aromatic rings. The van der Waals surface area contributed by atoms with E-state index < -0.39 is 0 Å². The smallest absolute Gasteiger partial charge is 0.266 e. The van der Waals surface area contributed by atoms with Crippen molar-refractivity contribution in [2.75, 3.05) is 13.7 Å². The molecular formula is C19H17ClN4O3. The third-order valence-corrected chi connectivity index (χ3v) is 4.09. The number of nitrogens with zero attached hydrogens (tertiary/aromatic N) is 3. The molecule has 0 saturated carbocycles. The van der Waals surface area contributed by atoms with Crippen LogP contribution in [0.3, 0.4) is 0 Å². The second-order valence-corrected chi connectivity index (χ2v) is 6.05. The summed E-state index contributed by atoms with van der Waals surface area (Å²) in [6.07, 6.45) is 3.32. The van der Waals surface area contributed by atoms with E-state index >= 15 is 0 Å². The first kappa shape index (κ1) is 18.6. The average Bonchev–Trinajstić information content (AvgIpc) is 2.70. The lowest BCUT2D eigenvalue weighted by molar-refractivity contribution is 0.0948. The van der Waals surface area contributed by atoms with Gasteiger partial charge in [-0.25, -0.2) is 4.68 Å². The fraction of sp³-hybridized carbons (Fsp3) is 0.158. The zero-order chi connectivity index (χ0) is 19.2. The van der Waals surface area contributed by atoms with Crippen LogP contribution in [0.5, 0.6) is 5.75 Å². The molecule has 0 spiro atoms. The summed E-state index contributed by atoms with van der Waals surface area (Å²) in [6.45, 7) is 0.452. The van der Waals surface area contributed by atoms with Gasteiger partial charge in [-0.15, -0.1) is 0 Å². The van der Waals surface area contributed by atoms with Gasteiger partial charge in [0.15, 0.2) is 0 Å². The summed E-state index contributed by atoms with van der Waals surface area (Å²) < 4.78 is 6.49. The predicted molar refractivity (Wildman–Crippen MR) is 102 cm³/mol. The quantitative estimate of drug-likeness (QED) is 0.705. The van der Waals surface area contributed by atoms with Gasteiger partial charge in [0.25, 0.3) is 11.5 Å². The van der Waals surface area contributed by atoms with Crippen LogP contribution in [0.4, 0.5) is 0 Å². The Morgan fingerprint density at radius 3 is 2.70 bits per heavy atom. The van der Waals surface area contributed by atoms with Crippen LogP contribution < -0.4 is 15.6 Å². The van der Waals surface area contributed by atoms with Crippen molar-refractivity contribution < 1.29 is 9.53 Å². The molecule has 7 nitrogen and oxygen atoms in total. The van der Waals surface area contributed by atoms with Gasteiger partial charge in [0.2, 0.25) is 0 Å². The summed E-state index contributed by atoms with van der Waals surface area (Å²) in [7, 11) is 1.48. The summed E-state index contributed by atoms with van der Waals surface area (Å²) in [5, 5.41) is 7.52. The van der Waals surface area contributed by atoms with Gasteiger partial charge in [-0.05, 0) is 36.4 Å². The summed E-state index contributed by atoms with van der Waals surface area (Å²) in [5.41, 5.74) is 1.59. The molecule has 0 unspecified atom stereocenters. The maximum absolute atomic E-state index is 12.4. The molecule has 0 fully saturated rings. The third-order valence-electron chi connectivity index (χ3n) is 3.86. The molecule has 0 atom stereocenters. The number of ether oxygens (including phenoxy) is 1. The van der Waals surface area contributed by atoms with Gasteiger partial charge in [-0.3, -0.25) is 14.6 Å². The molecule has 2 aromatic heterocycles. The van der Waals surface area contributed by atoms with Crippen LogP contribution in [0.15, 0.2) is 59.7 Å². The van der Waals surface area contributed by atoms with E-state index in [-0.39, 0.29) is 24.6 Å². The van der Waals surface area contributed by atoms with E-state index in [9.17, 15) is 9.59 Å². The molecule has 0 radical (unpaired) electrons. The van der Waals surface area contributed by atoms with Crippen molar-refractivity contribution in [2.45, 2.75) is 6.54 Å². The van der Waals surface area contributed by atoms with Crippen molar-refractivity contribution in [1.29, 1.82) is 0 Å². The zero-order valence-corrected chi connectivity index (χ0v) is 15.3. The van der Waals surface area contributed by atoms with Crippen LogP contribution >= 0.6 is 11.6 Å². The first-order valence-electron chi connectivity index (χ1n) is 8.19. The molecule has 0 saturated heterocycles. The number of nitrogens with one attached hydrogen (secondary N) is 1. The van der Waals surface area contributed by atoms with Gasteiger partial charge in [-0.1, -0.05) is 11.6 Å². The lowest BCUT2D eigenvalue weighted by Crippen LogP contribution is -2.32. The zero-order valence-electron chi connectivity index (χ0n) is 14.6. The average molecular weight is 385 g/mol. The number of amides is 1. The SMILES string of the molecule is COc1ccc(Cl)cc1C(=O)NCCn1nc(-c2ccncc2)ccc1=O. The Morgan fingerprint density at radius 2 is 1.96 bits per heavy atom. The summed E-state index contributed by atoms with van der Waals surface area (Å²) in [6, 6.07) is 11.5. The summed E-state index contributed by atoms with van der Waals surface area (Å²) in [5.74, 6) is 0.0829. The molecule has 1 amide bonds. The van der Waals surface area contributed by atoms with Gasteiger partial charge < -0.3 is 10.1 Å². The lowest BCUT2D eigenvalue weighted by atomic mass is 10.2. The van der Waals surface area contributed by atoms with Gasteiger partial charge in [0, 0.05) is 35.6 Å². The van der Waals surface area contributed by atoms with E-state index in [1.807, 2.05) is 12.1 Å². The van der Waals surface area contributed by atoms with Crippen LogP contribution in [0.25, 0.3) is 11.3 Å². The largest absolute Gasteiger partial charge is 0.496 e. The fourth-order valence-electron chi connectivity index (χ4n) is 2.51. The highest BCUT2D eigenvalue weighted by molar-refractivity contribution is 6.31. The van der Waals surface area contributed by atoms with Crippen molar-refractivity contribution in [2.24, 2.45) is 0 Å². The minimum atomic E-state index is -0.340. The van der Waals surface area contributed by atoms with E-state index in [1.165, 1.54) is 23.9 Å². The molecule has 1 aromatic carbocycles. The Labute approximate surface area is 160 Å². The molecule has 3 rings (SSSR count). The van der Waals surface area contributed by atoms with Crippen LogP contribution in [-0.4, -0.2) is 34.3 Å². The monoisotopic (exact) mass is 384 g/mol. The number of rotatable bonds is 6. The van der Waals surface area contributed by atoms with Crippen LogP contribution in [0, 0.1) is 0 Å². The molecule has 0 aliphatic heterocycles. The molecule has 1 N–H and O–H groups in total. The van der Waals surface area contributed by atoms with E-state index in [2.05, 4.69) is 15.4 Å².